The van der Waals surface area contributed by atoms with Crippen molar-refractivity contribution in [2.45, 2.75) is 129 Å². The molecule has 4 aliphatic rings. The molecule has 0 N–H and O–H groups in total. The minimum absolute atomic E-state index is 0.0579. The van der Waals surface area contributed by atoms with Crippen molar-refractivity contribution in [2.75, 3.05) is 9.80 Å². The summed E-state index contributed by atoms with van der Waals surface area (Å²) < 4.78 is 0. The number of nitrogens with zero attached hydrogens (tertiary/aromatic N) is 2. The van der Waals surface area contributed by atoms with Crippen molar-refractivity contribution in [3.05, 3.63) is 308 Å². The molecule has 15 rings (SSSR count). The molecule has 0 radical (unpaired) electrons. The first kappa shape index (κ1) is 58.8. The summed E-state index contributed by atoms with van der Waals surface area (Å²) in [6.45, 7) is 32.8. The second-order valence-electron chi connectivity index (χ2n) is 30.7. The van der Waals surface area contributed by atoms with E-state index in [1.165, 1.54) is 145 Å². The van der Waals surface area contributed by atoms with Gasteiger partial charge >= 0.3 is 0 Å². The summed E-state index contributed by atoms with van der Waals surface area (Å²) in [5, 5.41) is 0. The Bertz CT molecular complexity index is 4540. The average Bonchev–Trinajstić information content (AvgIpc) is 1.51. The molecular formula is C90H84N2. The predicted molar refractivity (Wildman–Crippen MR) is 394 cm³/mol. The van der Waals surface area contributed by atoms with Crippen LogP contribution in [0.5, 0.6) is 0 Å². The molecule has 2 nitrogen and oxygen atoms in total. The van der Waals surface area contributed by atoms with Crippen LogP contribution in [0.1, 0.15) is 175 Å². The van der Waals surface area contributed by atoms with Crippen LogP contribution in [0.15, 0.2) is 231 Å². The highest BCUT2D eigenvalue weighted by molar-refractivity contribution is 5.92. The van der Waals surface area contributed by atoms with Crippen LogP contribution in [-0.4, -0.2) is 0 Å². The molecule has 0 fully saturated rings. The monoisotopic (exact) mass is 1190 g/mol. The molecule has 0 heterocycles. The van der Waals surface area contributed by atoms with E-state index in [0.717, 1.165) is 11.4 Å². The predicted octanol–water partition coefficient (Wildman–Crippen LogP) is 24.8. The molecule has 454 valence electrons. The molecule has 4 aliphatic carbocycles. The van der Waals surface area contributed by atoms with E-state index >= 15 is 0 Å². The topological polar surface area (TPSA) is 6.48 Å². The molecule has 2 heteroatoms. The highest BCUT2D eigenvalue weighted by atomic mass is 15.1. The summed E-state index contributed by atoms with van der Waals surface area (Å²) in [6, 6.07) is 87.9. The van der Waals surface area contributed by atoms with E-state index in [1.807, 2.05) is 0 Å². The van der Waals surface area contributed by atoms with Crippen LogP contribution < -0.4 is 9.80 Å². The molecule has 0 unspecified atom stereocenters. The molecule has 0 bridgehead atoms. The second kappa shape index (κ2) is 21.0. The van der Waals surface area contributed by atoms with Crippen molar-refractivity contribution in [3.8, 4) is 44.5 Å². The molecule has 0 amide bonds. The van der Waals surface area contributed by atoms with Gasteiger partial charge in [0.05, 0.1) is 0 Å². The van der Waals surface area contributed by atoms with Crippen LogP contribution in [0, 0.1) is 0 Å². The molecule has 92 heavy (non-hydrogen) atoms. The lowest BCUT2D eigenvalue weighted by Crippen LogP contribution is -2.18. The Labute approximate surface area is 547 Å². The van der Waals surface area contributed by atoms with E-state index in [2.05, 4.69) is 362 Å². The van der Waals surface area contributed by atoms with E-state index < -0.39 is 0 Å². The fraction of sp³-hybridized carbons (Fsp3) is 0.222. The lowest BCUT2D eigenvalue weighted by atomic mass is 9.81. The zero-order chi connectivity index (χ0) is 64.0. The number of benzene rings is 11. The summed E-state index contributed by atoms with van der Waals surface area (Å²) >= 11 is 0. The van der Waals surface area contributed by atoms with Gasteiger partial charge in [-0.05, 0) is 206 Å². The number of anilines is 6. The van der Waals surface area contributed by atoms with Gasteiger partial charge < -0.3 is 9.80 Å². The highest BCUT2D eigenvalue weighted by Gasteiger charge is 2.41. The minimum atomic E-state index is -0.207. The summed E-state index contributed by atoms with van der Waals surface area (Å²) in [5.74, 6) is 0. The van der Waals surface area contributed by atoms with Gasteiger partial charge in [0.2, 0.25) is 0 Å². The molecule has 0 saturated carbocycles. The third kappa shape index (κ3) is 9.58. The van der Waals surface area contributed by atoms with Gasteiger partial charge in [-0.2, -0.15) is 0 Å². The van der Waals surface area contributed by atoms with Gasteiger partial charge in [0, 0.05) is 55.8 Å². The first-order valence-electron chi connectivity index (χ1n) is 33.2. The van der Waals surface area contributed by atoms with Gasteiger partial charge in [-0.25, -0.2) is 0 Å². The number of rotatable bonds is 10. The van der Waals surface area contributed by atoms with Gasteiger partial charge in [0.15, 0.2) is 0 Å². The van der Waals surface area contributed by atoms with Crippen LogP contribution >= 0.6 is 0 Å². The van der Waals surface area contributed by atoms with E-state index in [0.29, 0.717) is 0 Å². The normalized spacial score (nSPS) is 15.5. The Morgan fingerprint density at radius 1 is 0.228 bits per heavy atom. The van der Waals surface area contributed by atoms with Crippen LogP contribution in [0.4, 0.5) is 34.1 Å². The van der Waals surface area contributed by atoms with E-state index in [1.54, 1.807) is 0 Å². The Morgan fingerprint density at radius 3 is 0.761 bits per heavy atom. The molecule has 0 saturated heterocycles. The first-order valence-corrected chi connectivity index (χ1v) is 33.2. The van der Waals surface area contributed by atoms with Crippen molar-refractivity contribution in [1.82, 2.24) is 0 Å². The maximum Gasteiger partial charge on any atom is 0.0465 e. The second-order valence-corrected chi connectivity index (χ2v) is 30.7. The maximum absolute atomic E-state index is 2.47. The summed E-state index contributed by atoms with van der Waals surface area (Å²) in [5.41, 5.74) is 35.5. The summed E-state index contributed by atoms with van der Waals surface area (Å²) in [6.07, 6.45) is 9.05. The number of fused-ring (bicyclic) bond motifs is 12. The minimum Gasteiger partial charge on any atom is -0.310 e. The lowest BCUT2D eigenvalue weighted by Gasteiger charge is -2.30. The van der Waals surface area contributed by atoms with Gasteiger partial charge in [-0.15, -0.1) is 0 Å². The van der Waals surface area contributed by atoms with Gasteiger partial charge in [0.25, 0.3) is 0 Å². The van der Waals surface area contributed by atoms with Crippen molar-refractivity contribution in [1.29, 1.82) is 0 Å². The molecule has 0 aromatic heterocycles. The first-order chi connectivity index (χ1) is 43.8. The fourth-order valence-electron chi connectivity index (χ4n) is 15.9. The van der Waals surface area contributed by atoms with Crippen LogP contribution in [0.2, 0.25) is 0 Å². The van der Waals surface area contributed by atoms with Crippen molar-refractivity contribution in [2.24, 2.45) is 0 Å². The summed E-state index contributed by atoms with van der Waals surface area (Å²) in [7, 11) is 0. The molecule has 0 atom stereocenters. The Kier molecular flexibility index (Phi) is 13.4. The number of hydrogen-bond acceptors (Lipinski definition) is 2. The summed E-state index contributed by atoms with van der Waals surface area (Å²) in [4.78, 5) is 4.94. The molecule has 0 spiro atoms. The van der Waals surface area contributed by atoms with Crippen molar-refractivity contribution >= 4 is 58.4 Å². The average molecular weight is 1190 g/mol. The zero-order valence-electron chi connectivity index (χ0n) is 56.1. The zero-order valence-corrected chi connectivity index (χ0v) is 56.1. The van der Waals surface area contributed by atoms with E-state index in [9.17, 15) is 0 Å². The molecular weight excluding hydrogens is 1110 g/mol. The van der Waals surface area contributed by atoms with Gasteiger partial charge in [-0.3, -0.25) is 0 Å². The van der Waals surface area contributed by atoms with Crippen LogP contribution in [-0.2, 0) is 32.5 Å². The number of hydrogen-bond donors (Lipinski definition) is 0. The Balaban J connectivity index is 0.665. The Morgan fingerprint density at radius 2 is 0.457 bits per heavy atom. The third-order valence-corrected chi connectivity index (χ3v) is 21.4. The van der Waals surface area contributed by atoms with Gasteiger partial charge in [0.1, 0.15) is 0 Å². The molecule has 11 aromatic rings. The smallest absolute Gasteiger partial charge is 0.0465 e. The van der Waals surface area contributed by atoms with Crippen molar-refractivity contribution in [3.63, 3.8) is 0 Å². The van der Waals surface area contributed by atoms with Crippen LogP contribution in [0.3, 0.4) is 0 Å². The highest BCUT2D eigenvalue weighted by Crippen LogP contribution is 2.56. The molecule has 11 aromatic carbocycles. The lowest BCUT2D eigenvalue weighted by molar-refractivity contribution is 0.590. The maximum atomic E-state index is 2.47. The fourth-order valence-corrected chi connectivity index (χ4v) is 15.9. The Hall–Kier alpha value is -9.50. The largest absolute Gasteiger partial charge is 0.310 e. The third-order valence-electron chi connectivity index (χ3n) is 21.4. The van der Waals surface area contributed by atoms with E-state index in [4.69, 9.17) is 0 Å². The van der Waals surface area contributed by atoms with E-state index in [-0.39, 0.29) is 32.5 Å². The molecule has 0 aliphatic heterocycles. The van der Waals surface area contributed by atoms with Gasteiger partial charge in [-0.1, -0.05) is 279 Å². The van der Waals surface area contributed by atoms with Crippen LogP contribution in [0.25, 0.3) is 68.8 Å². The standard InChI is InChI=1S/C90H84N2/c1-85(2,3)61-33-37-63(38-34-61)91(65-41-47-73-69-19-15-17-21-77(69)87(7,8)81(73)53-65)67-43-49-75-71-45-31-59(51-79(71)89(11,12)83(75)55-67)29-27-57-23-25-58(26-24-57)28-30-60-32-46-72-76-50-44-68(56-84(76)90(13,14)80(72)52-60)92(64-39-35-62(36-40-64)86(4,5)6)66-42-48-74-70-20-16-18-22-78(70)88(9,10)82(74)54-66/h15-56H,1-14H3. The quantitative estimate of drug-likeness (QED) is 0.126. The van der Waals surface area contributed by atoms with Crippen molar-refractivity contribution < 1.29 is 0 Å². The SMILES string of the molecule is CC(C)(C)c1ccc(N(c2ccc3c(c2)C(C)(C)c2ccccc2-3)c2ccc3c(c2)C(C)(C)c2cc(C=Cc4ccc(C=Cc5ccc6c(c5)C(C)(C)c5cc(N(c7ccc(C(C)(C)C)cc7)c7ccc8c(c7)C(C)(C)c7ccccc7-8)ccc5-6)cc4)ccc2-3)cc1.